The van der Waals surface area contributed by atoms with E-state index in [4.69, 9.17) is 16.0 Å². The topological polar surface area (TPSA) is 53.8 Å². The van der Waals surface area contributed by atoms with Crippen molar-refractivity contribution in [2.75, 3.05) is 26.2 Å². The highest BCUT2D eigenvalue weighted by atomic mass is 35.5. The first kappa shape index (κ1) is 23.1. The largest absolute Gasteiger partial charge is 0.472 e. The fraction of sp³-hybridized carbons (Fsp3) is 0.200. The third-order valence-corrected chi connectivity index (χ3v) is 6.88. The molecule has 8 heteroatoms. The number of amides is 2. The number of nitrogens with zero attached hydrogens (tertiary/aromatic N) is 2. The predicted molar refractivity (Wildman–Crippen MR) is 127 cm³/mol. The SMILES string of the molecule is Cc1cc(/C=C/C(=O)N2CCN(C(=O)c3ccoc3)CC2)c(Cl)cc1Sc1ccc(F)cc1. The van der Waals surface area contributed by atoms with Gasteiger partial charge in [0.2, 0.25) is 5.91 Å². The molecule has 1 aliphatic heterocycles. The summed E-state index contributed by atoms with van der Waals surface area (Å²) in [5.74, 6) is -0.485. The molecule has 1 fully saturated rings. The number of carbonyl (C=O) groups is 2. The minimum atomic E-state index is -0.273. The third kappa shape index (κ3) is 5.67. The molecule has 1 aromatic heterocycles. The Bertz CT molecular complexity index is 1170. The smallest absolute Gasteiger partial charge is 0.257 e. The molecule has 0 saturated carbocycles. The Morgan fingerprint density at radius 2 is 1.76 bits per heavy atom. The van der Waals surface area contributed by atoms with Crippen LogP contribution in [-0.2, 0) is 4.79 Å². The van der Waals surface area contributed by atoms with Crippen LogP contribution < -0.4 is 0 Å². The summed E-state index contributed by atoms with van der Waals surface area (Å²) in [4.78, 5) is 30.4. The summed E-state index contributed by atoms with van der Waals surface area (Å²) >= 11 is 7.97. The van der Waals surface area contributed by atoms with E-state index >= 15 is 0 Å². The Labute approximate surface area is 200 Å². The van der Waals surface area contributed by atoms with Gasteiger partial charge >= 0.3 is 0 Å². The summed E-state index contributed by atoms with van der Waals surface area (Å²) in [6.45, 7) is 3.84. The van der Waals surface area contributed by atoms with E-state index in [0.29, 0.717) is 36.8 Å². The number of hydrogen-bond donors (Lipinski definition) is 0. The molecule has 3 aromatic rings. The molecule has 0 N–H and O–H groups in total. The van der Waals surface area contributed by atoms with Crippen molar-refractivity contribution in [2.45, 2.75) is 16.7 Å². The lowest BCUT2D eigenvalue weighted by atomic mass is 10.1. The predicted octanol–water partition coefficient (Wildman–Crippen LogP) is 5.53. The molecule has 1 saturated heterocycles. The van der Waals surface area contributed by atoms with Gasteiger partial charge in [-0.15, -0.1) is 0 Å². The lowest BCUT2D eigenvalue weighted by Gasteiger charge is -2.34. The lowest BCUT2D eigenvalue weighted by Crippen LogP contribution is -2.50. The number of halogens is 2. The van der Waals surface area contributed by atoms with Crippen molar-refractivity contribution in [1.82, 2.24) is 9.80 Å². The highest BCUT2D eigenvalue weighted by Crippen LogP contribution is 2.34. The summed E-state index contributed by atoms with van der Waals surface area (Å²) in [6, 6.07) is 11.7. The molecular weight excluding hydrogens is 463 g/mol. The van der Waals surface area contributed by atoms with E-state index < -0.39 is 0 Å². The van der Waals surface area contributed by atoms with E-state index in [1.807, 2.05) is 19.1 Å². The molecule has 33 heavy (non-hydrogen) atoms. The van der Waals surface area contributed by atoms with Crippen LogP contribution in [0.25, 0.3) is 6.08 Å². The number of carbonyl (C=O) groups excluding carboxylic acids is 2. The first-order valence-electron chi connectivity index (χ1n) is 10.4. The molecule has 1 aliphatic rings. The zero-order valence-electron chi connectivity index (χ0n) is 18.0. The second-order valence-corrected chi connectivity index (χ2v) is 9.18. The Morgan fingerprint density at radius 1 is 1.06 bits per heavy atom. The van der Waals surface area contributed by atoms with Crippen LogP contribution in [0.1, 0.15) is 21.5 Å². The Hall–Kier alpha value is -3.03. The van der Waals surface area contributed by atoms with Crippen LogP contribution in [0.15, 0.2) is 75.3 Å². The van der Waals surface area contributed by atoms with Gasteiger partial charge in [0.1, 0.15) is 12.1 Å². The first-order chi connectivity index (χ1) is 15.9. The average Bonchev–Trinajstić information content (AvgIpc) is 3.36. The van der Waals surface area contributed by atoms with E-state index in [9.17, 15) is 14.0 Å². The summed E-state index contributed by atoms with van der Waals surface area (Å²) in [6.07, 6.45) is 6.13. The Kier molecular flexibility index (Phi) is 7.20. The highest BCUT2D eigenvalue weighted by Gasteiger charge is 2.24. The van der Waals surface area contributed by atoms with Crippen LogP contribution in [0.3, 0.4) is 0 Å². The van der Waals surface area contributed by atoms with Gasteiger partial charge in [-0.2, -0.15) is 0 Å². The van der Waals surface area contributed by atoms with Gasteiger partial charge in [-0.05, 0) is 66.6 Å². The van der Waals surface area contributed by atoms with Crippen LogP contribution in [0.2, 0.25) is 5.02 Å². The molecule has 2 amide bonds. The van der Waals surface area contributed by atoms with Crippen LogP contribution >= 0.6 is 23.4 Å². The summed E-state index contributed by atoms with van der Waals surface area (Å²) in [5.41, 5.74) is 2.27. The van der Waals surface area contributed by atoms with Crippen LogP contribution in [-0.4, -0.2) is 47.8 Å². The zero-order valence-corrected chi connectivity index (χ0v) is 19.5. The molecule has 0 spiro atoms. The summed E-state index contributed by atoms with van der Waals surface area (Å²) < 4.78 is 18.1. The maximum atomic E-state index is 13.1. The molecule has 0 bridgehead atoms. The zero-order chi connectivity index (χ0) is 23.4. The van der Waals surface area contributed by atoms with Crippen LogP contribution in [0.5, 0.6) is 0 Å². The molecule has 0 unspecified atom stereocenters. The molecule has 0 atom stereocenters. The van der Waals surface area contributed by atoms with Crippen molar-refractivity contribution in [3.05, 3.63) is 88.6 Å². The van der Waals surface area contributed by atoms with Crippen LogP contribution in [0, 0.1) is 12.7 Å². The number of benzene rings is 2. The first-order valence-corrected chi connectivity index (χ1v) is 11.6. The second-order valence-electron chi connectivity index (χ2n) is 7.66. The molecule has 0 radical (unpaired) electrons. The Morgan fingerprint density at radius 3 is 2.42 bits per heavy atom. The average molecular weight is 485 g/mol. The maximum Gasteiger partial charge on any atom is 0.257 e. The second kappa shape index (κ2) is 10.3. The molecular formula is C25H22ClFN2O3S. The lowest BCUT2D eigenvalue weighted by molar-refractivity contribution is -0.127. The minimum Gasteiger partial charge on any atom is -0.472 e. The monoisotopic (exact) mass is 484 g/mol. The van der Waals surface area contributed by atoms with Gasteiger partial charge < -0.3 is 14.2 Å². The number of hydrogen-bond acceptors (Lipinski definition) is 4. The van der Waals surface area contributed by atoms with Gasteiger partial charge in [-0.25, -0.2) is 4.39 Å². The van der Waals surface area contributed by atoms with Crippen molar-refractivity contribution >= 4 is 41.3 Å². The summed E-state index contributed by atoms with van der Waals surface area (Å²) in [5, 5.41) is 0.532. The van der Waals surface area contributed by atoms with Crippen LogP contribution in [0.4, 0.5) is 4.39 Å². The number of aryl methyl sites for hydroxylation is 1. The van der Waals surface area contributed by atoms with Gasteiger partial charge in [-0.1, -0.05) is 23.4 Å². The summed E-state index contributed by atoms with van der Waals surface area (Å²) in [7, 11) is 0. The van der Waals surface area contributed by atoms with Crippen molar-refractivity contribution in [3.8, 4) is 0 Å². The van der Waals surface area contributed by atoms with E-state index in [1.165, 1.54) is 42.5 Å². The van der Waals surface area contributed by atoms with Gasteiger partial charge in [0.25, 0.3) is 5.91 Å². The van der Waals surface area contributed by atoms with Gasteiger partial charge in [0.05, 0.1) is 11.8 Å². The molecule has 4 rings (SSSR count). The van der Waals surface area contributed by atoms with E-state index in [-0.39, 0.29) is 17.6 Å². The number of furan rings is 1. The fourth-order valence-corrected chi connectivity index (χ4v) is 4.73. The van der Waals surface area contributed by atoms with E-state index in [2.05, 4.69) is 0 Å². The Balaban J connectivity index is 1.36. The minimum absolute atomic E-state index is 0.0905. The van der Waals surface area contributed by atoms with Crippen molar-refractivity contribution in [1.29, 1.82) is 0 Å². The fourth-order valence-electron chi connectivity index (χ4n) is 3.52. The standard InChI is InChI=1S/C25H22ClFN2O3S/c1-17-14-18(22(26)15-23(17)33-21-5-3-20(27)4-6-21)2-7-24(30)28-9-11-29(12-10-28)25(31)19-8-13-32-16-19/h2-8,13-16H,9-12H2,1H3/b7-2+. The normalized spacial score (nSPS) is 14.2. The van der Waals surface area contributed by atoms with E-state index in [1.54, 1.807) is 34.1 Å². The molecule has 170 valence electrons. The molecule has 5 nitrogen and oxygen atoms in total. The molecule has 0 aliphatic carbocycles. The van der Waals surface area contributed by atoms with Gasteiger partial charge in [0, 0.05) is 47.1 Å². The molecule has 2 heterocycles. The van der Waals surface area contributed by atoms with Gasteiger partial charge in [-0.3, -0.25) is 9.59 Å². The third-order valence-electron chi connectivity index (χ3n) is 5.39. The van der Waals surface area contributed by atoms with Crippen molar-refractivity contribution in [3.63, 3.8) is 0 Å². The maximum absolute atomic E-state index is 13.1. The number of rotatable bonds is 5. The van der Waals surface area contributed by atoms with Crippen molar-refractivity contribution < 1.29 is 18.4 Å². The quantitative estimate of drug-likeness (QED) is 0.447. The van der Waals surface area contributed by atoms with E-state index in [0.717, 1.165) is 20.9 Å². The van der Waals surface area contributed by atoms with Gasteiger partial charge in [0.15, 0.2) is 0 Å². The number of piperazine rings is 1. The van der Waals surface area contributed by atoms with Crippen molar-refractivity contribution in [2.24, 2.45) is 0 Å². The highest BCUT2D eigenvalue weighted by molar-refractivity contribution is 7.99. The molecule has 2 aromatic carbocycles.